The van der Waals surface area contributed by atoms with E-state index in [2.05, 4.69) is 0 Å². The Kier molecular flexibility index (Phi) is 8.15. The van der Waals surface area contributed by atoms with Crippen LogP contribution in [0.2, 0.25) is 0 Å². The molecule has 0 N–H and O–H groups in total. The minimum Gasteiger partial charge on any atom is -0.368 e. The fourth-order valence-electron chi connectivity index (χ4n) is 4.83. The van der Waals surface area contributed by atoms with Gasteiger partial charge in [-0.2, -0.15) is 0 Å². The Bertz CT molecular complexity index is 636. The number of hydrogen-bond acceptors (Lipinski definition) is 5. The number of fused-ring (bicyclic) bond motifs is 1. The quantitative estimate of drug-likeness (QED) is 0.547. The molecule has 0 aromatic rings. The molecule has 4 atom stereocenters. The molecule has 0 aromatic carbocycles. The van der Waals surface area contributed by atoms with E-state index >= 15 is 0 Å². The topological polar surface area (TPSA) is 80.8 Å². The summed E-state index contributed by atoms with van der Waals surface area (Å²) in [6.07, 6.45) is 6.16. The van der Waals surface area contributed by atoms with Crippen molar-refractivity contribution < 1.29 is 23.9 Å². The number of likely N-dealkylation sites (tertiary alicyclic amines) is 1. The lowest BCUT2D eigenvalue weighted by molar-refractivity contribution is -0.145. The van der Waals surface area contributed by atoms with Crippen molar-refractivity contribution in [2.24, 2.45) is 11.8 Å². The Morgan fingerprint density at radius 1 is 1.10 bits per heavy atom. The van der Waals surface area contributed by atoms with Crippen LogP contribution in [0.3, 0.4) is 0 Å². The first-order chi connectivity index (χ1) is 13.5. The summed E-state index contributed by atoms with van der Waals surface area (Å²) < 4.78 is 5.45. The highest BCUT2D eigenvalue weighted by Crippen LogP contribution is 2.40. The summed E-state index contributed by atoms with van der Waals surface area (Å²) in [6.45, 7) is 8.69. The van der Waals surface area contributed by atoms with E-state index in [9.17, 15) is 19.2 Å². The summed E-state index contributed by atoms with van der Waals surface area (Å²) in [5.74, 6) is -1.48. The van der Waals surface area contributed by atoms with Crippen LogP contribution in [0.1, 0.15) is 86.0 Å². The summed E-state index contributed by atoms with van der Waals surface area (Å²) in [6, 6.07) is -0.300. The Labute approximate surface area is 174 Å². The van der Waals surface area contributed by atoms with Gasteiger partial charge in [0.15, 0.2) is 5.78 Å². The Hall–Kier alpha value is -1.56. The first-order valence-electron chi connectivity index (χ1n) is 11.1. The van der Waals surface area contributed by atoms with Crippen LogP contribution in [0.5, 0.6) is 0 Å². The second kappa shape index (κ2) is 9.96. The molecule has 164 valence electrons. The summed E-state index contributed by atoms with van der Waals surface area (Å²) in [4.78, 5) is 52.2. The fraction of sp³-hybridized carbons (Fsp3) is 0.826. The third kappa shape index (κ3) is 6.21. The zero-order valence-electron chi connectivity index (χ0n) is 18.7. The number of ketones is 3. The third-order valence-corrected chi connectivity index (χ3v) is 6.19. The van der Waals surface area contributed by atoms with Crippen molar-refractivity contribution in [3.8, 4) is 0 Å². The normalized spacial score (nSPS) is 25.4. The maximum Gasteiger partial charge on any atom is 0.224 e. The summed E-state index contributed by atoms with van der Waals surface area (Å²) >= 11 is 0. The monoisotopic (exact) mass is 407 g/mol. The lowest BCUT2D eigenvalue weighted by Crippen LogP contribution is -2.46. The molecule has 0 unspecified atom stereocenters. The highest BCUT2D eigenvalue weighted by atomic mass is 16.5. The number of carbonyl (C=O) groups excluding carboxylic acids is 4. The molecule has 1 saturated heterocycles. The molecular formula is C23H37NO5. The number of hydrogen-bond donors (Lipinski definition) is 0. The van der Waals surface area contributed by atoms with Gasteiger partial charge in [-0.25, -0.2) is 0 Å². The van der Waals surface area contributed by atoms with Crippen LogP contribution < -0.4 is 0 Å². The van der Waals surface area contributed by atoms with Gasteiger partial charge in [0, 0.05) is 25.3 Å². The molecule has 0 radical (unpaired) electrons. The van der Waals surface area contributed by atoms with E-state index in [4.69, 9.17) is 4.74 Å². The number of rotatable bonds is 9. The predicted molar refractivity (Wildman–Crippen MR) is 110 cm³/mol. The minimum absolute atomic E-state index is 0.0296. The van der Waals surface area contributed by atoms with Crippen molar-refractivity contribution in [1.29, 1.82) is 0 Å². The molecular weight excluding hydrogens is 370 g/mol. The number of amides is 1. The average molecular weight is 408 g/mol. The first kappa shape index (κ1) is 23.7. The third-order valence-electron chi connectivity index (χ3n) is 6.19. The molecule has 0 spiro atoms. The van der Waals surface area contributed by atoms with Crippen molar-refractivity contribution >= 4 is 23.3 Å². The molecule has 6 heteroatoms. The van der Waals surface area contributed by atoms with Gasteiger partial charge < -0.3 is 9.64 Å². The fourth-order valence-corrected chi connectivity index (χ4v) is 4.83. The first-order valence-corrected chi connectivity index (χ1v) is 11.1. The second-order valence-corrected chi connectivity index (χ2v) is 9.63. The molecule has 6 nitrogen and oxygen atoms in total. The van der Waals surface area contributed by atoms with Crippen molar-refractivity contribution in [3.05, 3.63) is 0 Å². The number of nitrogens with zero attached hydrogens (tertiary/aromatic N) is 1. The molecule has 2 fully saturated rings. The maximum atomic E-state index is 13.1. The molecule has 2 rings (SSSR count). The van der Waals surface area contributed by atoms with Crippen molar-refractivity contribution in [3.63, 3.8) is 0 Å². The number of carbonyl (C=O) groups is 4. The van der Waals surface area contributed by atoms with Crippen LogP contribution in [-0.4, -0.2) is 52.4 Å². The highest BCUT2D eigenvalue weighted by Gasteiger charge is 2.46. The molecule has 0 aromatic heterocycles. The summed E-state index contributed by atoms with van der Waals surface area (Å²) in [5, 5.41) is 0. The molecule has 1 amide bonds. The largest absolute Gasteiger partial charge is 0.368 e. The molecule has 29 heavy (non-hydrogen) atoms. The summed E-state index contributed by atoms with van der Waals surface area (Å²) in [7, 11) is 0. The molecule has 1 aliphatic carbocycles. The molecule has 1 heterocycles. The Morgan fingerprint density at radius 2 is 1.76 bits per heavy atom. The van der Waals surface area contributed by atoms with Crippen LogP contribution in [-0.2, 0) is 23.9 Å². The van der Waals surface area contributed by atoms with E-state index < -0.39 is 29.1 Å². The Balaban J connectivity index is 2.07. The SMILES string of the molecule is CCC[C@H](CC(=O)[C@@H]1C[C@@H]2CCCC[C@@H]2N1C(C)=O)C(=O)C(=O)COC(C)(C)C. The average Bonchev–Trinajstić information content (AvgIpc) is 3.04. The van der Waals surface area contributed by atoms with Crippen LogP contribution in [0.15, 0.2) is 0 Å². The van der Waals surface area contributed by atoms with Gasteiger partial charge in [0.25, 0.3) is 0 Å². The van der Waals surface area contributed by atoms with E-state index in [0.29, 0.717) is 25.2 Å². The van der Waals surface area contributed by atoms with Gasteiger partial charge in [0.2, 0.25) is 17.5 Å². The van der Waals surface area contributed by atoms with Gasteiger partial charge in [-0.3, -0.25) is 19.2 Å². The number of Topliss-reactive ketones (excluding diaryl/α,β-unsaturated/α-hetero) is 3. The van der Waals surface area contributed by atoms with Crippen molar-refractivity contribution in [1.82, 2.24) is 4.90 Å². The van der Waals surface area contributed by atoms with E-state index in [1.165, 1.54) is 6.92 Å². The van der Waals surface area contributed by atoms with Crippen LogP contribution >= 0.6 is 0 Å². The molecule has 1 saturated carbocycles. The van der Waals surface area contributed by atoms with Crippen LogP contribution in [0.4, 0.5) is 0 Å². The van der Waals surface area contributed by atoms with Gasteiger partial charge in [-0.15, -0.1) is 0 Å². The minimum atomic E-state index is -0.625. The van der Waals surface area contributed by atoms with Crippen molar-refractivity contribution in [2.75, 3.05) is 6.61 Å². The van der Waals surface area contributed by atoms with Gasteiger partial charge in [0.1, 0.15) is 6.61 Å². The molecule has 0 bridgehead atoms. The van der Waals surface area contributed by atoms with Gasteiger partial charge in [-0.05, 0) is 52.4 Å². The standard InChI is InChI=1S/C23H37NO5/c1-6-9-17(22(28)21(27)14-29-23(3,4)5)13-20(26)19-12-16-10-7-8-11-18(16)24(19)15(2)25/h16-19H,6-14H2,1-5H3/t16-,17+,18-,19-/m0/s1. The van der Waals surface area contributed by atoms with Crippen molar-refractivity contribution in [2.45, 2.75) is 104 Å². The van der Waals surface area contributed by atoms with E-state index in [1.54, 1.807) is 4.90 Å². The highest BCUT2D eigenvalue weighted by molar-refractivity contribution is 6.38. The number of ether oxygens (including phenoxy) is 1. The van der Waals surface area contributed by atoms with Crippen LogP contribution in [0, 0.1) is 11.8 Å². The zero-order valence-corrected chi connectivity index (χ0v) is 18.7. The predicted octanol–water partition coefficient (Wildman–Crippen LogP) is 3.49. The zero-order chi connectivity index (χ0) is 21.8. The molecule has 2 aliphatic rings. The summed E-state index contributed by atoms with van der Waals surface area (Å²) in [5.41, 5.74) is -0.506. The van der Waals surface area contributed by atoms with E-state index in [-0.39, 0.29) is 30.8 Å². The second-order valence-electron chi connectivity index (χ2n) is 9.63. The van der Waals surface area contributed by atoms with Gasteiger partial charge in [0.05, 0.1) is 11.6 Å². The maximum absolute atomic E-state index is 13.1. The lowest BCUT2D eigenvalue weighted by Gasteiger charge is -2.33. The smallest absolute Gasteiger partial charge is 0.224 e. The van der Waals surface area contributed by atoms with E-state index in [1.807, 2.05) is 27.7 Å². The molecule has 1 aliphatic heterocycles. The van der Waals surface area contributed by atoms with Gasteiger partial charge >= 0.3 is 0 Å². The van der Waals surface area contributed by atoms with Crippen LogP contribution in [0.25, 0.3) is 0 Å². The van der Waals surface area contributed by atoms with Gasteiger partial charge in [-0.1, -0.05) is 26.2 Å². The van der Waals surface area contributed by atoms with E-state index in [0.717, 1.165) is 25.7 Å². The Morgan fingerprint density at radius 3 is 2.34 bits per heavy atom. The lowest BCUT2D eigenvalue weighted by atomic mass is 9.83.